The molecular weight excluding hydrogens is 336 g/mol. The second-order valence-electron chi connectivity index (χ2n) is 4.88. The molecule has 1 aromatic carbocycles. The van der Waals surface area contributed by atoms with Crippen molar-refractivity contribution in [1.29, 1.82) is 0 Å². The van der Waals surface area contributed by atoms with Gasteiger partial charge in [0.15, 0.2) is 5.34 Å². The zero-order valence-corrected chi connectivity index (χ0v) is 14.6. The summed E-state index contributed by atoms with van der Waals surface area (Å²) in [7, 11) is 0. The molecule has 22 heavy (non-hydrogen) atoms. The van der Waals surface area contributed by atoms with Gasteiger partial charge in [0.05, 0.1) is 10.3 Å². The minimum atomic E-state index is 0.307. The van der Waals surface area contributed by atoms with Crippen molar-refractivity contribution in [3.05, 3.63) is 45.3 Å². The number of nitrogens with zero attached hydrogens (tertiary/aromatic N) is 2. The number of thioether (sulfide) groups is 2. The molecule has 1 aromatic heterocycles. The van der Waals surface area contributed by atoms with Gasteiger partial charge in [-0.1, -0.05) is 24.3 Å². The normalized spacial score (nSPS) is 15.1. The van der Waals surface area contributed by atoms with Gasteiger partial charge in [-0.3, -0.25) is 0 Å². The van der Waals surface area contributed by atoms with E-state index in [1.54, 1.807) is 11.3 Å². The van der Waals surface area contributed by atoms with Crippen LogP contribution in [0.25, 0.3) is 10.6 Å². The highest BCUT2D eigenvalue weighted by atomic mass is 32.2. The summed E-state index contributed by atoms with van der Waals surface area (Å²) in [4.78, 5) is 20.3. The van der Waals surface area contributed by atoms with Crippen molar-refractivity contribution in [1.82, 2.24) is 4.98 Å². The van der Waals surface area contributed by atoms with E-state index in [0.717, 1.165) is 21.1 Å². The summed E-state index contributed by atoms with van der Waals surface area (Å²) in [6.07, 6.45) is 0.669. The van der Waals surface area contributed by atoms with Gasteiger partial charge in [-0.25, -0.2) is 4.98 Å². The van der Waals surface area contributed by atoms with Gasteiger partial charge < -0.3 is 4.84 Å². The van der Waals surface area contributed by atoms with Crippen molar-refractivity contribution < 1.29 is 4.84 Å². The van der Waals surface area contributed by atoms with E-state index < -0.39 is 0 Å². The van der Waals surface area contributed by atoms with Crippen molar-refractivity contribution in [2.45, 2.75) is 17.9 Å². The van der Waals surface area contributed by atoms with E-state index in [9.17, 15) is 4.91 Å². The monoisotopic (exact) mass is 352 g/mol. The molecule has 2 aromatic rings. The Kier molecular flexibility index (Phi) is 5.38. The molecule has 0 spiro atoms. The molecule has 0 bridgehead atoms. The molecule has 1 saturated heterocycles. The first-order valence-electron chi connectivity index (χ1n) is 7.02. The van der Waals surface area contributed by atoms with E-state index in [1.165, 1.54) is 17.1 Å². The Balaban J connectivity index is 1.73. The second-order valence-corrected chi connectivity index (χ2v) is 8.69. The largest absolute Gasteiger partial charge is 0.364 e. The summed E-state index contributed by atoms with van der Waals surface area (Å²) >= 11 is 5.69. The fourth-order valence-corrected chi connectivity index (χ4v) is 6.20. The average molecular weight is 353 g/mol. The van der Waals surface area contributed by atoms with Crippen molar-refractivity contribution in [2.24, 2.45) is 5.34 Å². The van der Waals surface area contributed by atoms with Gasteiger partial charge in [0, 0.05) is 28.4 Å². The average Bonchev–Trinajstić information content (AvgIpc) is 3.18. The van der Waals surface area contributed by atoms with Gasteiger partial charge in [0.2, 0.25) is 0 Å². The molecule has 0 unspecified atom stereocenters. The SMILES string of the molecule is Cc1nc(-c2ccc(C3SCCS3)cc2)sc1CCON=O. The van der Waals surface area contributed by atoms with Crippen molar-refractivity contribution in [3.63, 3.8) is 0 Å². The summed E-state index contributed by atoms with van der Waals surface area (Å²) in [5.74, 6) is 2.48. The summed E-state index contributed by atoms with van der Waals surface area (Å²) < 4.78 is 0.579. The Bertz CT molecular complexity index is 637. The van der Waals surface area contributed by atoms with Crippen LogP contribution in [0.2, 0.25) is 0 Å². The molecule has 0 N–H and O–H groups in total. The quantitative estimate of drug-likeness (QED) is 0.423. The van der Waals surface area contributed by atoms with Crippen LogP contribution in [0, 0.1) is 11.8 Å². The molecule has 0 radical (unpaired) electrons. The van der Waals surface area contributed by atoms with Gasteiger partial charge in [-0.15, -0.1) is 39.8 Å². The Morgan fingerprint density at radius 1 is 1.27 bits per heavy atom. The molecule has 1 aliphatic heterocycles. The van der Waals surface area contributed by atoms with Gasteiger partial charge in [0.25, 0.3) is 0 Å². The zero-order chi connectivity index (χ0) is 15.4. The molecule has 1 fully saturated rings. The third-order valence-corrected chi connectivity index (χ3v) is 7.79. The first kappa shape index (κ1) is 15.8. The van der Waals surface area contributed by atoms with Crippen molar-refractivity contribution in [2.75, 3.05) is 18.1 Å². The maximum absolute atomic E-state index is 9.96. The van der Waals surface area contributed by atoms with E-state index in [1.807, 2.05) is 30.4 Å². The number of aromatic nitrogens is 1. The van der Waals surface area contributed by atoms with E-state index in [-0.39, 0.29) is 0 Å². The lowest BCUT2D eigenvalue weighted by atomic mass is 10.1. The first-order valence-corrected chi connectivity index (χ1v) is 9.94. The molecule has 0 amide bonds. The van der Waals surface area contributed by atoms with Crippen LogP contribution in [-0.2, 0) is 11.3 Å². The number of benzene rings is 1. The molecule has 2 heterocycles. The topological polar surface area (TPSA) is 51.6 Å². The minimum Gasteiger partial charge on any atom is -0.364 e. The summed E-state index contributed by atoms with van der Waals surface area (Å²) in [6, 6.07) is 8.73. The van der Waals surface area contributed by atoms with Gasteiger partial charge in [0.1, 0.15) is 11.6 Å². The van der Waals surface area contributed by atoms with E-state index in [2.05, 4.69) is 39.4 Å². The molecule has 7 heteroatoms. The molecule has 1 aliphatic rings. The maximum atomic E-state index is 9.96. The molecule has 0 saturated carbocycles. The lowest BCUT2D eigenvalue weighted by Gasteiger charge is -2.08. The Morgan fingerprint density at radius 2 is 2.00 bits per heavy atom. The molecule has 0 aliphatic carbocycles. The van der Waals surface area contributed by atoms with Crippen LogP contribution in [0.3, 0.4) is 0 Å². The highest BCUT2D eigenvalue weighted by Gasteiger charge is 2.18. The number of rotatable bonds is 6. The van der Waals surface area contributed by atoms with Gasteiger partial charge in [-0.2, -0.15) is 0 Å². The Labute approximate surface area is 142 Å². The fourth-order valence-electron chi connectivity index (χ4n) is 2.29. The predicted molar refractivity (Wildman–Crippen MR) is 95.4 cm³/mol. The number of hydrogen-bond donors (Lipinski definition) is 0. The predicted octanol–water partition coefficient (Wildman–Crippen LogP) is 4.84. The van der Waals surface area contributed by atoms with Crippen molar-refractivity contribution in [3.8, 4) is 10.6 Å². The summed E-state index contributed by atoms with van der Waals surface area (Å²) in [5, 5.41) is 3.44. The Morgan fingerprint density at radius 3 is 2.68 bits per heavy atom. The van der Waals surface area contributed by atoms with Crippen molar-refractivity contribution >= 4 is 34.9 Å². The van der Waals surface area contributed by atoms with Crippen LogP contribution in [-0.4, -0.2) is 23.1 Å². The number of aryl methyl sites for hydroxylation is 1. The lowest BCUT2D eigenvalue weighted by molar-refractivity contribution is 0.143. The first-order chi connectivity index (χ1) is 10.8. The Hall–Kier alpha value is -1.05. The van der Waals surface area contributed by atoms with Crippen LogP contribution >= 0.6 is 34.9 Å². The van der Waals surface area contributed by atoms with Gasteiger partial charge in [-0.05, 0) is 12.5 Å². The minimum absolute atomic E-state index is 0.307. The van der Waals surface area contributed by atoms with Crippen LogP contribution in [0.5, 0.6) is 0 Å². The number of thiazole rings is 1. The fraction of sp³-hybridized carbons (Fsp3) is 0.400. The smallest absolute Gasteiger partial charge is 0.155 e. The molecular formula is C15H16N2O2S3. The van der Waals surface area contributed by atoms with Crippen LogP contribution in [0.4, 0.5) is 0 Å². The standard InChI is InChI=1S/C15H16N2O2S3/c1-10-13(6-7-19-17-18)22-14(16-10)11-2-4-12(5-3-11)15-20-8-9-21-15/h2-5,15H,6-9H2,1H3. The van der Waals surface area contributed by atoms with Gasteiger partial charge >= 0.3 is 0 Å². The van der Waals surface area contributed by atoms with E-state index in [4.69, 9.17) is 0 Å². The van der Waals surface area contributed by atoms with Crippen LogP contribution in [0.1, 0.15) is 20.7 Å². The molecule has 116 valence electrons. The maximum Gasteiger partial charge on any atom is 0.155 e. The van der Waals surface area contributed by atoms with E-state index >= 15 is 0 Å². The third kappa shape index (κ3) is 3.64. The molecule has 4 nitrogen and oxygen atoms in total. The number of hydrogen-bond acceptors (Lipinski definition) is 7. The molecule has 3 rings (SSSR count). The highest BCUT2D eigenvalue weighted by Crippen LogP contribution is 2.45. The highest BCUT2D eigenvalue weighted by molar-refractivity contribution is 8.19. The third-order valence-electron chi connectivity index (χ3n) is 3.42. The zero-order valence-electron chi connectivity index (χ0n) is 12.2. The summed E-state index contributed by atoms with van der Waals surface area (Å²) in [5.41, 5.74) is 3.53. The second kappa shape index (κ2) is 7.48. The lowest BCUT2D eigenvalue weighted by Crippen LogP contribution is -1.92. The van der Waals surface area contributed by atoms with E-state index in [0.29, 0.717) is 17.6 Å². The van der Waals surface area contributed by atoms with Crippen LogP contribution < -0.4 is 0 Å². The van der Waals surface area contributed by atoms with Crippen LogP contribution in [0.15, 0.2) is 29.6 Å². The summed E-state index contributed by atoms with van der Waals surface area (Å²) in [6.45, 7) is 2.30. The molecule has 0 atom stereocenters.